The maximum absolute atomic E-state index is 13.6. The number of H-pyrrole nitrogens is 1. The third-order valence-electron chi connectivity index (χ3n) is 5.82. The summed E-state index contributed by atoms with van der Waals surface area (Å²) in [6, 6.07) is 25.3. The van der Waals surface area contributed by atoms with Crippen LogP contribution in [0.25, 0.3) is 11.3 Å². The van der Waals surface area contributed by atoms with Crippen molar-refractivity contribution < 1.29 is 9.53 Å². The number of carbonyl (C=O) groups is 1. The molecule has 1 N–H and O–H groups in total. The van der Waals surface area contributed by atoms with Crippen LogP contribution in [0.15, 0.2) is 78.9 Å². The Morgan fingerprint density at radius 1 is 1.03 bits per heavy atom. The first kappa shape index (κ1) is 21.3. The molecule has 0 spiro atoms. The topological polar surface area (TPSA) is 58.2 Å². The Kier molecular flexibility index (Phi) is 5.88. The molecule has 0 bridgehead atoms. The molecule has 1 unspecified atom stereocenters. The molecule has 0 fully saturated rings. The Labute approximate surface area is 198 Å². The highest BCUT2D eigenvalue weighted by atomic mass is 35.5. The average Bonchev–Trinajstić information content (AvgIpc) is 3.39. The lowest BCUT2D eigenvalue weighted by atomic mass is 9.95. The van der Waals surface area contributed by atoms with Gasteiger partial charge in [0.15, 0.2) is 0 Å². The van der Waals surface area contributed by atoms with Gasteiger partial charge < -0.3 is 9.64 Å². The number of hydrogen-bond acceptors (Lipinski definition) is 3. The summed E-state index contributed by atoms with van der Waals surface area (Å²) < 4.78 is 5.89. The molecule has 1 aromatic heterocycles. The van der Waals surface area contributed by atoms with Gasteiger partial charge in [0.2, 0.25) is 0 Å². The molecule has 0 radical (unpaired) electrons. The van der Waals surface area contributed by atoms with Gasteiger partial charge in [-0.3, -0.25) is 9.89 Å². The smallest absolute Gasteiger partial charge is 0.273 e. The van der Waals surface area contributed by atoms with Crippen LogP contribution in [0.3, 0.4) is 0 Å². The van der Waals surface area contributed by atoms with E-state index in [0.717, 1.165) is 40.1 Å². The number of fused-ring (bicyclic) bond motifs is 1. The van der Waals surface area contributed by atoms with E-state index < -0.39 is 0 Å². The molecule has 3 aromatic carbocycles. The fourth-order valence-electron chi connectivity index (χ4n) is 4.30. The number of nitrogens with one attached hydrogen (secondary N) is 1. The number of halogens is 1. The van der Waals surface area contributed by atoms with Gasteiger partial charge in [-0.1, -0.05) is 73.1 Å². The molecule has 0 aliphatic carbocycles. The van der Waals surface area contributed by atoms with Crippen molar-refractivity contribution in [2.45, 2.75) is 25.9 Å². The van der Waals surface area contributed by atoms with Crippen LogP contribution in [0, 0.1) is 0 Å². The van der Waals surface area contributed by atoms with E-state index in [-0.39, 0.29) is 11.9 Å². The summed E-state index contributed by atoms with van der Waals surface area (Å²) in [6.07, 6.45) is 0.929. The monoisotopic (exact) mass is 457 g/mol. The van der Waals surface area contributed by atoms with Crippen LogP contribution in [0.2, 0.25) is 5.02 Å². The fourth-order valence-corrected chi connectivity index (χ4v) is 4.43. The first-order chi connectivity index (χ1) is 16.2. The molecule has 0 saturated heterocycles. The summed E-state index contributed by atoms with van der Waals surface area (Å²) in [5.41, 5.74) is 5.20. The lowest BCUT2D eigenvalue weighted by Crippen LogP contribution is -2.29. The Bertz CT molecular complexity index is 1270. The number of benzene rings is 3. The SMILES string of the molecule is CCCOc1cccc(C2c3c(-c4ccccc4)n[nH]c3C(=O)N2Cc2ccc(Cl)cc2)c1. The number of aromatic amines is 1. The van der Waals surface area contributed by atoms with E-state index in [4.69, 9.17) is 16.3 Å². The van der Waals surface area contributed by atoms with Crippen molar-refractivity contribution in [2.24, 2.45) is 0 Å². The van der Waals surface area contributed by atoms with E-state index in [1.807, 2.05) is 83.8 Å². The number of nitrogens with zero attached hydrogens (tertiary/aromatic N) is 2. The average molecular weight is 458 g/mol. The highest BCUT2D eigenvalue weighted by Gasteiger charge is 2.42. The third-order valence-corrected chi connectivity index (χ3v) is 6.08. The molecule has 1 aliphatic heterocycles. The molecule has 4 aromatic rings. The zero-order valence-electron chi connectivity index (χ0n) is 18.3. The van der Waals surface area contributed by atoms with E-state index >= 15 is 0 Å². The molecule has 33 heavy (non-hydrogen) atoms. The standard InChI is InChI=1S/C27H24ClN3O2/c1-2-15-33-22-10-6-9-20(16-22)26-23-24(19-7-4-3-5-8-19)29-30-25(23)27(32)31(26)17-18-11-13-21(28)14-12-18/h3-14,16,26H,2,15,17H2,1H3,(H,29,30). The van der Waals surface area contributed by atoms with Crippen LogP contribution in [-0.2, 0) is 6.54 Å². The minimum absolute atomic E-state index is 0.0699. The normalized spacial score (nSPS) is 15.0. The Balaban J connectivity index is 1.61. The molecule has 5 rings (SSSR count). The molecule has 1 atom stereocenters. The Hall–Kier alpha value is -3.57. The van der Waals surface area contributed by atoms with Crippen molar-refractivity contribution >= 4 is 17.5 Å². The van der Waals surface area contributed by atoms with E-state index in [1.165, 1.54) is 0 Å². The molecule has 166 valence electrons. The number of rotatable bonds is 7. The quantitative estimate of drug-likeness (QED) is 0.356. The zero-order valence-corrected chi connectivity index (χ0v) is 19.0. The van der Waals surface area contributed by atoms with Gasteiger partial charge in [-0.2, -0.15) is 5.10 Å². The van der Waals surface area contributed by atoms with E-state index in [9.17, 15) is 4.79 Å². The van der Waals surface area contributed by atoms with Gasteiger partial charge in [0, 0.05) is 22.7 Å². The van der Waals surface area contributed by atoms with Crippen molar-refractivity contribution in [2.75, 3.05) is 6.61 Å². The molecule has 2 heterocycles. The van der Waals surface area contributed by atoms with Crippen LogP contribution in [-0.4, -0.2) is 27.6 Å². The summed E-state index contributed by atoms with van der Waals surface area (Å²) in [4.78, 5) is 15.4. The summed E-state index contributed by atoms with van der Waals surface area (Å²) >= 11 is 6.08. The number of hydrogen-bond donors (Lipinski definition) is 1. The Morgan fingerprint density at radius 2 is 1.82 bits per heavy atom. The van der Waals surface area contributed by atoms with E-state index in [2.05, 4.69) is 17.1 Å². The largest absolute Gasteiger partial charge is 0.494 e. The maximum atomic E-state index is 13.6. The van der Waals surface area contributed by atoms with Gasteiger partial charge >= 0.3 is 0 Å². The molecule has 1 aliphatic rings. The number of aromatic nitrogens is 2. The second kappa shape index (κ2) is 9.12. The molecule has 5 nitrogen and oxygen atoms in total. The van der Waals surface area contributed by atoms with Gasteiger partial charge in [-0.05, 0) is 41.8 Å². The zero-order chi connectivity index (χ0) is 22.8. The van der Waals surface area contributed by atoms with Crippen molar-refractivity contribution in [3.8, 4) is 17.0 Å². The van der Waals surface area contributed by atoms with Crippen LogP contribution in [0.5, 0.6) is 5.75 Å². The van der Waals surface area contributed by atoms with Gasteiger partial charge in [-0.15, -0.1) is 0 Å². The van der Waals surface area contributed by atoms with Gasteiger partial charge in [-0.25, -0.2) is 0 Å². The third kappa shape index (κ3) is 4.12. The summed E-state index contributed by atoms with van der Waals surface area (Å²) in [6.45, 7) is 3.18. The van der Waals surface area contributed by atoms with E-state index in [0.29, 0.717) is 23.9 Å². The predicted molar refractivity (Wildman–Crippen MR) is 129 cm³/mol. The summed E-state index contributed by atoms with van der Waals surface area (Å²) in [5.74, 6) is 0.728. The van der Waals surface area contributed by atoms with Crippen LogP contribution < -0.4 is 4.74 Å². The van der Waals surface area contributed by atoms with E-state index in [1.54, 1.807) is 0 Å². The highest BCUT2D eigenvalue weighted by Crippen LogP contribution is 2.44. The van der Waals surface area contributed by atoms with Crippen LogP contribution in [0.1, 0.15) is 46.6 Å². The number of ether oxygens (including phenoxy) is 1. The maximum Gasteiger partial charge on any atom is 0.273 e. The van der Waals surface area contributed by atoms with Gasteiger partial charge in [0.1, 0.15) is 11.4 Å². The van der Waals surface area contributed by atoms with Crippen molar-refractivity contribution in [1.29, 1.82) is 0 Å². The van der Waals surface area contributed by atoms with Crippen molar-refractivity contribution in [3.63, 3.8) is 0 Å². The minimum atomic E-state index is -0.290. The second-order valence-electron chi connectivity index (χ2n) is 8.11. The first-order valence-corrected chi connectivity index (χ1v) is 11.5. The van der Waals surface area contributed by atoms with Crippen LogP contribution in [0.4, 0.5) is 0 Å². The van der Waals surface area contributed by atoms with Gasteiger partial charge in [0.05, 0.1) is 18.3 Å². The molecule has 0 saturated carbocycles. The summed E-state index contributed by atoms with van der Waals surface area (Å²) in [7, 11) is 0. The molecule has 6 heteroatoms. The Morgan fingerprint density at radius 3 is 2.58 bits per heavy atom. The molecule has 1 amide bonds. The second-order valence-corrected chi connectivity index (χ2v) is 8.55. The van der Waals surface area contributed by atoms with Crippen LogP contribution >= 0.6 is 11.6 Å². The molecular formula is C27H24ClN3O2. The highest BCUT2D eigenvalue weighted by molar-refractivity contribution is 6.30. The first-order valence-electron chi connectivity index (χ1n) is 11.1. The molecular weight excluding hydrogens is 434 g/mol. The minimum Gasteiger partial charge on any atom is -0.494 e. The van der Waals surface area contributed by atoms with Crippen molar-refractivity contribution in [1.82, 2.24) is 15.1 Å². The lowest BCUT2D eigenvalue weighted by molar-refractivity contribution is 0.0730. The fraction of sp³-hybridized carbons (Fsp3) is 0.185. The number of carbonyl (C=O) groups excluding carboxylic acids is 1. The predicted octanol–water partition coefficient (Wildman–Crippen LogP) is 6.26. The van der Waals surface area contributed by atoms with Gasteiger partial charge in [0.25, 0.3) is 5.91 Å². The number of amides is 1. The summed E-state index contributed by atoms with van der Waals surface area (Å²) in [5, 5.41) is 8.22. The van der Waals surface area contributed by atoms with Crippen molar-refractivity contribution in [3.05, 3.63) is 106 Å². The lowest BCUT2D eigenvalue weighted by Gasteiger charge is -2.27.